The van der Waals surface area contributed by atoms with Gasteiger partial charge in [0, 0.05) is 12.0 Å². The molecule has 0 radical (unpaired) electrons. The fraction of sp³-hybridized carbons (Fsp3) is 0.118. The van der Waals surface area contributed by atoms with Crippen molar-refractivity contribution in [2.24, 2.45) is 0 Å². The molecule has 19 heavy (non-hydrogen) atoms. The molecule has 0 aliphatic carbocycles. The van der Waals surface area contributed by atoms with Gasteiger partial charge in [0.2, 0.25) is 0 Å². The Kier molecular flexibility index (Phi) is 4.10. The van der Waals surface area contributed by atoms with Crippen LogP contribution >= 0.6 is 0 Å². The smallest absolute Gasteiger partial charge is 0.164 e. The van der Waals surface area contributed by atoms with Gasteiger partial charge in [-0.05, 0) is 29.8 Å². The van der Waals surface area contributed by atoms with Crippen LogP contribution in [0, 0.1) is 18.2 Å². The number of benzene rings is 2. The third-order valence-electron chi connectivity index (χ3n) is 2.96. The SMILES string of the molecule is C#C[C@@H](CC(=O)c1ccc(F)cc1)c1ccccc1. The van der Waals surface area contributed by atoms with E-state index in [2.05, 4.69) is 5.92 Å². The zero-order valence-corrected chi connectivity index (χ0v) is 10.3. The Hall–Kier alpha value is -2.40. The van der Waals surface area contributed by atoms with Crippen molar-refractivity contribution < 1.29 is 9.18 Å². The standard InChI is InChI=1S/C17H13FO/c1-2-13(14-6-4-3-5-7-14)12-17(19)15-8-10-16(18)11-9-15/h1,3-11,13H,12H2/t13-/m0/s1. The number of carbonyl (C=O) groups excluding carboxylic acids is 1. The Morgan fingerprint density at radius 2 is 1.74 bits per heavy atom. The van der Waals surface area contributed by atoms with Gasteiger partial charge in [-0.2, -0.15) is 0 Å². The number of ketones is 1. The first-order valence-electron chi connectivity index (χ1n) is 6.00. The third-order valence-corrected chi connectivity index (χ3v) is 2.96. The highest BCUT2D eigenvalue weighted by atomic mass is 19.1. The first-order chi connectivity index (χ1) is 9.20. The molecule has 94 valence electrons. The Labute approximate surface area is 112 Å². The summed E-state index contributed by atoms with van der Waals surface area (Å²) in [5.41, 5.74) is 1.43. The van der Waals surface area contributed by atoms with Crippen LogP contribution < -0.4 is 0 Å². The maximum atomic E-state index is 12.8. The Morgan fingerprint density at radius 3 is 2.32 bits per heavy atom. The van der Waals surface area contributed by atoms with Gasteiger partial charge in [-0.3, -0.25) is 4.79 Å². The van der Waals surface area contributed by atoms with E-state index in [0.717, 1.165) is 5.56 Å². The van der Waals surface area contributed by atoms with Crippen molar-refractivity contribution in [2.45, 2.75) is 12.3 Å². The largest absolute Gasteiger partial charge is 0.294 e. The molecular formula is C17H13FO. The van der Waals surface area contributed by atoms with Crippen molar-refractivity contribution in [3.8, 4) is 12.3 Å². The molecule has 2 rings (SSSR count). The molecule has 0 N–H and O–H groups in total. The lowest BCUT2D eigenvalue weighted by Gasteiger charge is -2.10. The highest BCUT2D eigenvalue weighted by Crippen LogP contribution is 2.21. The van der Waals surface area contributed by atoms with Gasteiger partial charge in [0.25, 0.3) is 0 Å². The monoisotopic (exact) mass is 252 g/mol. The normalized spacial score (nSPS) is 11.6. The zero-order chi connectivity index (χ0) is 13.7. The van der Waals surface area contributed by atoms with E-state index < -0.39 is 0 Å². The maximum absolute atomic E-state index is 12.8. The van der Waals surface area contributed by atoms with Gasteiger partial charge in [0.15, 0.2) is 5.78 Å². The molecule has 1 atom stereocenters. The summed E-state index contributed by atoms with van der Waals surface area (Å²) < 4.78 is 12.8. The summed E-state index contributed by atoms with van der Waals surface area (Å²) in [5.74, 6) is 1.95. The van der Waals surface area contributed by atoms with Gasteiger partial charge in [-0.15, -0.1) is 6.42 Å². The number of halogens is 1. The van der Waals surface area contributed by atoms with E-state index in [-0.39, 0.29) is 23.9 Å². The lowest BCUT2D eigenvalue weighted by Crippen LogP contribution is -2.06. The average Bonchev–Trinajstić information content (AvgIpc) is 2.46. The molecule has 2 aromatic carbocycles. The van der Waals surface area contributed by atoms with Gasteiger partial charge < -0.3 is 0 Å². The summed E-state index contributed by atoms with van der Waals surface area (Å²) in [7, 11) is 0. The fourth-order valence-corrected chi connectivity index (χ4v) is 1.90. The van der Waals surface area contributed by atoms with Gasteiger partial charge in [0.05, 0.1) is 5.92 Å². The third kappa shape index (κ3) is 3.29. The number of hydrogen-bond acceptors (Lipinski definition) is 1. The van der Waals surface area contributed by atoms with E-state index in [4.69, 9.17) is 6.42 Å². The summed E-state index contributed by atoms with van der Waals surface area (Å²) in [5, 5.41) is 0. The molecule has 0 heterocycles. The molecule has 2 aromatic rings. The van der Waals surface area contributed by atoms with Gasteiger partial charge in [0.1, 0.15) is 5.82 Å². The van der Waals surface area contributed by atoms with Crippen LogP contribution in [0.2, 0.25) is 0 Å². The Morgan fingerprint density at radius 1 is 1.11 bits per heavy atom. The highest BCUT2D eigenvalue weighted by molar-refractivity contribution is 5.96. The van der Waals surface area contributed by atoms with Gasteiger partial charge >= 0.3 is 0 Å². The van der Waals surface area contributed by atoms with Crippen LogP contribution in [-0.2, 0) is 0 Å². The second-order valence-electron chi connectivity index (χ2n) is 4.26. The van der Waals surface area contributed by atoms with Crippen molar-refractivity contribution in [2.75, 3.05) is 0 Å². The van der Waals surface area contributed by atoms with Crippen LogP contribution in [0.25, 0.3) is 0 Å². The number of hydrogen-bond donors (Lipinski definition) is 0. The molecule has 0 saturated carbocycles. The minimum atomic E-state index is -0.354. The van der Waals surface area contributed by atoms with E-state index in [0.29, 0.717) is 5.56 Å². The maximum Gasteiger partial charge on any atom is 0.164 e. The minimum absolute atomic E-state index is 0.0770. The molecule has 0 aliphatic rings. The molecule has 0 spiro atoms. The van der Waals surface area contributed by atoms with E-state index in [1.165, 1.54) is 24.3 Å². The summed E-state index contributed by atoms with van der Waals surface area (Å²) in [6.07, 6.45) is 5.72. The Balaban J connectivity index is 2.13. The van der Waals surface area contributed by atoms with Crippen LogP contribution in [0.1, 0.15) is 28.3 Å². The van der Waals surface area contributed by atoms with E-state index in [9.17, 15) is 9.18 Å². The molecule has 0 unspecified atom stereocenters. The second kappa shape index (κ2) is 5.97. The number of Topliss-reactive ketones (excluding diaryl/α,β-unsaturated/α-hetero) is 1. The highest BCUT2D eigenvalue weighted by Gasteiger charge is 2.14. The lowest BCUT2D eigenvalue weighted by molar-refractivity contribution is 0.0979. The molecule has 2 heteroatoms. The summed E-state index contributed by atoms with van der Waals surface area (Å²) in [6, 6.07) is 15.0. The molecule has 0 saturated heterocycles. The number of rotatable bonds is 4. The fourth-order valence-electron chi connectivity index (χ4n) is 1.90. The first-order valence-corrected chi connectivity index (χ1v) is 6.00. The van der Waals surface area contributed by atoms with E-state index >= 15 is 0 Å². The van der Waals surface area contributed by atoms with Gasteiger partial charge in [-0.1, -0.05) is 36.3 Å². The molecule has 1 nitrogen and oxygen atoms in total. The Bertz CT molecular complexity index is 593. The summed E-state index contributed by atoms with van der Waals surface area (Å²) in [6.45, 7) is 0. The second-order valence-corrected chi connectivity index (χ2v) is 4.26. The molecule has 0 bridgehead atoms. The number of carbonyl (C=O) groups is 1. The van der Waals surface area contributed by atoms with Crippen LogP contribution in [0.15, 0.2) is 54.6 Å². The van der Waals surface area contributed by atoms with Crippen LogP contribution in [-0.4, -0.2) is 5.78 Å². The molecule has 0 aromatic heterocycles. The quantitative estimate of drug-likeness (QED) is 0.597. The van der Waals surface area contributed by atoms with Crippen molar-refractivity contribution in [3.63, 3.8) is 0 Å². The van der Waals surface area contributed by atoms with Crippen molar-refractivity contribution in [1.29, 1.82) is 0 Å². The van der Waals surface area contributed by atoms with Crippen LogP contribution in [0.4, 0.5) is 4.39 Å². The van der Waals surface area contributed by atoms with Crippen molar-refractivity contribution >= 4 is 5.78 Å². The topological polar surface area (TPSA) is 17.1 Å². The average molecular weight is 252 g/mol. The molecular weight excluding hydrogens is 239 g/mol. The van der Waals surface area contributed by atoms with Crippen molar-refractivity contribution in [3.05, 3.63) is 71.5 Å². The minimum Gasteiger partial charge on any atom is -0.294 e. The lowest BCUT2D eigenvalue weighted by atomic mass is 9.92. The zero-order valence-electron chi connectivity index (χ0n) is 10.3. The van der Waals surface area contributed by atoms with Crippen LogP contribution in [0.3, 0.4) is 0 Å². The first kappa shape index (κ1) is 13.0. The predicted molar refractivity (Wildman–Crippen MR) is 73.4 cm³/mol. The van der Waals surface area contributed by atoms with E-state index in [1.54, 1.807) is 0 Å². The summed E-state index contributed by atoms with van der Waals surface area (Å²) in [4.78, 5) is 12.1. The molecule has 0 amide bonds. The molecule has 0 fully saturated rings. The van der Waals surface area contributed by atoms with Crippen molar-refractivity contribution in [1.82, 2.24) is 0 Å². The van der Waals surface area contributed by atoms with Crippen LogP contribution in [0.5, 0.6) is 0 Å². The number of terminal acetylenes is 1. The summed E-state index contributed by atoms with van der Waals surface area (Å²) >= 11 is 0. The van der Waals surface area contributed by atoms with E-state index in [1.807, 2.05) is 30.3 Å². The van der Waals surface area contributed by atoms with Gasteiger partial charge in [-0.25, -0.2) is 4.39 Å². The molecule has 0 aliphatic heterocycles. The predicted octanol–water partition coefficient (Wildman–Crippen LogP) is 3.82.